The van der Waals surface area contributed by atoms with Crippen LogP contribution in [-0.2, 0) is 22.6 Å². The lowest BCUT2D eigenvalue weighted by atomic mass is 9.96. The zero-order chi connectivity index (χ0) is 24.0. The van der Waals surface area contributed by atoms with Crippen LogP contribution in [0.25, 0.3) is 0 Å². The first-order valence-electron chi connectivity index (χ1n) is 10.9. The number of hydrogen-bond donors (Lipinski definition) is 1. The third kappa shape index (κ3) is 5.16. The monoisotopic (exact) mass is 456 g/mol. The van der Waals surface area contributed by atoms with Crippen LogP contribution in [0.1, 0.15) is 30.9 Å². The number of hydrogen-bond acceptors (Lipinski definition) is 6. The molecule has 0 bridgehead atoms. The molecule has 0 aromatic heterocycles. The van der Waals surface area contributed by atoms with Crippen LogP contribution >= 0.6 is 0 Å². The highest BCUT2D eigenvalue weighted by Crippen LogP contribution is 2.35. The summed E-state index contributed by atoms with van der Waals surface area (Å²) in [4.78, 5) is 27.6. The molecule has 1 unspecified atom stereocenters. The van der Waals surface area contributed by atoms with Crippen LogP contribution in [0, 0.1) is 0 Å². The number of carbonyl (C=O) groups excluding carboxylic acids is 2. The Hall–Kier alpha value is -3.42. The van der Waals surface area contributed by atoms with Gasteiger partial charge in [0.25, 0.3) is 0 Å². The standard InChI is InChI=1S/C25H32N2O6/c1-25(24(29)26-13-11-17-6-8-21(32-4)22(14-17)33-5)12-10-23(28)27(25)16-18-15-19(30-2)7-9-20(18)31-3/h6-9,14-15H,10-13,16H2,1-5H3,(H,26,29). The Morgan fingerprint density at radius 3 is 2.33 bits per heavy atom. The maximum atomic E-state index is 13.2. The van der Waals surface area contributed by atoms with Crippen molar-refractivity contribution >= 4 is 11.8 Å². The van der Waals surface area contributed by atoms with E-state index in [2.05, 4.69) is 5.32 Å². The molecule has 2 aromatic rings. The largest absolute Gasteiger partial charge is 0.497 e. The summed E-state index contributed by atoms with van der Waals surface area (Å²) >= 11 is 0. The van der Waals surface area contributed by atoms with Gasteiger partial charge in [0.2, 0.25) is 11.8 Å². The Labute approximate surface area is 194 Å². The van der Waals surface area contributed by atoms with Crippen LogP contribution in [0.2, 0.25) is 0 Å². The number of benzene rings is 2. The highest BCUT2D eigenvalue weighted by atomic mass is 16.5. The maximum Gasteiger partial charge on any atom is 0.245 e. The molecule has 33 heavy (non-hydrogen) atoms. The van der Waals surface area contributed by atoms with E-state index in [-0.39, 0.29) is 18.4 Å². The van der Waals surface area contributed by atoms with E-state index < -0.39 is 5.54 Å². The quantitative estimate of drug-likeness (QED) is 0.592. The van der Waals surface area contributed by atoms with E-state index in [4.69, 9.17) is 18.9 Å². The predicted molar refractivity (Wildman–Crippen MR) is 124 cm³/mol. The molecule has 1 aliphatic heterocycles. The van der Waals surface area contributed by atoms with Crippen molar-refractivity contribution in [3.63, 3.8) is 0 Å². The minimum atomic E-state index is -0.942. The molecule has 178 valence electrons. The molecule has 3 rings (SSSR count). The summed E-state index contributed by atoms with van der Waals surface area (Å²) in [5.41, 5.74) is 0.859. The lowest BCUT2D eigenvalue weighted by Crippen LogP contribution is -2.54. The number of amides is 2. The summed E-state index contributed by atoms with van der Waals surface area (Å²) in [7, 11) is 6.35. The molecule has 1 aliphatic rings. The minimum absolute atomic E-state index is 0.0580. The summed E-state index contributed by atoms with van der Waals surface area (Å²) in [5.74, 6) is 2.39. The SMILES string of the molecule is COc1ccc(OC)c(CN2C(=O)CCC2(C)C(=O)NCCc2ccc(OC)c(OC)c2)c1. The van der Waals surface area contributed by atoms with Crippen molar-refractivity contribution in [1.29, 1.82) is 0 Å². The average molecular weight is 457 g/mol. The van der Waals surface area contributed by atoms with E-state index in [9.17, 15) is 9.59 Å². The molecule has 0 saturated carbocycles. The van der Waals surface area contributed by atoms with Crippen LogP contribution in [0.3, 0.4) is 0 Å². The highest BCUT2D eigenvalue weighted by molar-refractivity contribution is 5.94. The molecule has 1 N–H and O–H groups in total. The van der Waals surface area contributed by atoms with Gasteiger partial charge >= 0.3 is 0 Å². The Morgan fingerprint density at radius 2 is 1.67 bits per heavy atom. The van der Waals surface area contributed by atoms with Gasteiger partial charge in [0.1, 0.15) is 17.0 Å². The van der Waals surface area contributed by atoms with Gasteiger partial charge in [-0.1, -0.05) is 6.07 Å². The molecule has 1 atom stereocenters. The first kappa shape index (κ1) is 24.2. The van der Waals surface area contributed by atoms with Gasteiger partial charge in [-0.15, -0.1) is 0 Å². The zero-order valence-electron chi connectivity index (χ0n) is 19.9. The number of ether oxygens (including phenoxy) is 4. The van der Waals surface area contributed by atoms with Crippen LogP contribution in [0.15, 0.2) is 36.4 Å². The normalized spacial score (nSPS) is 17.6. The summed E-state index contributed by atoms with van der Waals surface area (Å²) in [6, 6.07) is 11.1. The van der Waals surface area contributed by atoms with Gasteiger partial charge in [-0.25, -0.2) is 0 Å². The molecule has 0 radical (unpaired) electrons. The fourth-order valence-corrected chi connectivity index (χ4v) is 4.12. The zero-order valence-corrected chi connectivity index (χ0v) is 19.9. The van der Waals surface area contributed by atoms with Crippen LogP contribution in [0.5, 0.6) is 23.0 Å². The van der Waals surface area contributed by atoms with Gasteiger partial charge in [-0.3, -0.25) is 9.59 Å². The second-order valence-corrected chi connectivity index (χ2v) is 8.13. The van der Waals surface area contributed by atoms with Crippen LogP contribution < -0.4 is 24.3 Å². The van der Waals surface area contributed by atoms with Crippen LogP contribution in [-0.4, -0.2) is 57.2 Å². The first-order chi connectivity index (χ1) is 15.9. The molecule has 1 fully saturated rings. The van der Waals surface area contributed by atoms with E-state index in [0.29, 0.717) is 48.8 Å². The fraction of sp³-hybridized carbons (Fsp3) is 0.440. The Morgan fingerprint density at radius 1 is 0.970 bits per heavy atom. The minimum Gasteiger partial charge on any atom is -0.497 e. The molecule has 2 amide bonds. The Balaban J connectivity index is 1.69. The molecule has 8 heteroatoms. The van der Waals surface area contributed by atoms with Gasteiger partial charge in [0, 0.05) is 18.5 Å². The first-order valence-corrected chi connectivity index (χ1v) is 10.9. The second kappa shape index (κ2) is 10.5. The average Bonchev–Trinajstić information content (AvgIpc) is 3.13. The molecular weight excluding hydrogens is 424 g/mol. The van der Waals surface area contributed by atoms with Gasteiger partial charge < -0.3 is 29.2 Å². The van der Waals surface area contributed by atoms with Crippen molar-refractivity contribution in [2.24, 2.45) is 0 Å². The molecule has 8 nitrogen and oxygen atoms in total. The number of nitrogens with zero attached hydrogens (tertiary/aromatic N) is 1. The molecule has 2 aromatic carbocycles. The number of methoxy groups -OCH3 is 4. The maximum absolute atomic E-state index is 13.2. The summed E-state index contributed by atoms with van der Waals surface area (Å²) in [6.07, 6.45) is 1.41. The molecule has 0 spiro atoms. The highest BCUT2D eigenvalue weighted by Gasteiger charge is 2.47. The van der Waals surface area contributed by atoms with Gasteiger partial charge in [0.15, 0.2) is 11.5 Å². The molecule has 1 saturated heterocycles. The van der Waals surface area contributed by atoms with E-state index in [1.165, 1.54) is 0 Å². The number of rotatable bonds is 10. The molecular formula is C25H32N2O6. The summed E-state index contributed by atoms with van der Waals surface area (Å²) < 4.78 is 21.4. The molecule has 1 heterocycles. The van der Waals surface area contributed by atoms with E-state index in [1.54, 1.807) is 45.5 Å². The lowest BCUT2D eigenvalue weighted by molar-refractivity contribution is -0.141. The Kier molecular flexibility index (Phi) is 7.68. The van der Waals surface area contributed by atoms with Gasteiger partial charge in [-0.05, 0) is 55.7 Å². The number of carbonyl (C=O) groups is 2. The summed E-state index contributed by atoms with van der Waals surface area (Å²) in [6.45, 7) is 2.52. The van der Waals surface area contributed by atoms with Gasteiger partial charge in [-0.2, -0.15) is 0 Å². The third-order valence-corrected chi connectivity index (χ3v) is 6.17. The number of likely N-dealkylation sites (tertiary alicyclic amines) is 1. The molecule has 0 aliphatic carbocycles. The van der Waals surface area contributed by atoms with Crippen LogP contribution in [0.4, 0.5) is 0 Å². The van der Waals surface area contributed by atoms with Crippen molar-refractivity contribution in [2.75, 3.05) is 35.0 Å². The third-order valence-electron chi connectivity index (χ3n) is 6.17. The van der Waals surface area contributed by atoms with E-state index >= 15 is 0 Å². The Bertz CT molecular complexity index is 1010. The van der Waals surface area contributed by atoms with Crippen molar-refractivity contribution in [2.45, 2.75) is 38.3 Å². The van der Waals surface area contributed by atoms with E-state index in [0.717, 1.165) is 11.1 Å². The predicted octanol–water partition coefficient (Wildman–Crippen LogP) is 2.96. The van der Waals surface area contributed by atoms with Crippen molar-refractivity contribution in [3.05, 3.63) is 47.5 Å². The topological polar surface area (TPSA) is 86.3 Å². The smallest absolute Gasteiger partial charge is 0.245 e. The summed E-state index contributed by atoms with van der Waals surface area (Å²) in [5, 5.41) is 3.01. The second-order valence-electron chi connectivity index (χ2n) is 8.13. The van der Waals surface area contributed by atoms with Crippen molar-refractivity contribution in [3.8, 4) is 23.0 Å². The van der Waals surface area contributed by atoms with Crippen molar-refractivity contribution in [1.82, 2.24) is 10.2 Å². The van der Waals surface area contributed by atoms with Crippen molar-refractivity contribution < 1.29 is 28.5 Å². The lowest BCUT2D eigenvalue weighted by Gasteiger charge is -2.34. The fourth-order valence-electron chi connectivity index (χ4n) is 4.12. The van der Waals surface area contributed by atoms with E-state index in [1.807, 2.05) is 31.2 Å². The van der Waals surface area contributed by atoms with Gasteiger partial charge in [0.05, 0.1) is 35.0 Å². The number of nitrogens with one attached hydrogen (secondary N) is 1.